The molecule has 0 saturated carbocycles. The van der Waals surface area contributed by atoms with Crippen molar-refractivity contribution in [3.63, 3.8) is 0 Å². The van der Waals surface area contributed by atoms with Crippen molar-refractivity contribution in [3.8, 4) is 17.7 Å². The highest BCUT2D eigenvalue weighted by molar-refractivity contribution is 5.79. The molecule has 0 spiro atoms. The Kier molecular flexibility index (Phi) is 2.75. The Morgan fingerprint density at radius 1 is 1.00 bits per heavy atom. The van der Waals surface area contributed by atoms with Gasteiger partial charge in [-0.05, 0) is 24.3 Å². The average Bonchev–Trinajstić information content (AvgIpc) is 2.48. The summed E-state index contributed by atoms with van der Waals surface area (Å²) in [5.74, 6) is 0.797. The van der Waals surface area contributed by atoms with Gasteiger partial charge in [0.05, 0.1) is 5.52 Å². The highest BCUT2D eigenvalue weighted by Crippen LogP contribution is 2.24. The summed E-state index contributed by atoms with van der Waals surface area (Å²) in [6.45, 7) is 0. The summed E-state index contributed by atoms with van der Waals surface area (Å²) < 4.78 is 5.58. The molecule has 0 bridgehead atoms. The molecule has 0 N–H and O–H groups in total. The van der Waals surface area contributed by atoms with E-state index in [0.717, 1.165) is 10.9 Å². The van der Waals surface area contributed by atoms with Crippen LogP contribution in [0.1, 0.15) is 5.69 Å². The smallest absolute Gasteiger partial charge is 0.256 e. The number of nitrogens with zero attached hydrogens (tertiary/aromatic N) is 4. The number of benzene rings is 1. The molecule has 1 aromatic carbocycles. The van der Waals surface area contributed by atoms with E-state index in [1.807, 2.05) is 30.3 Å². The zero-order valence-electron chi connectivity index (χ0n) is 9.82. The summed E-state index contributed by atoms with van der Waals surface area (Å²) in [5.41, 5.74) is 1.04. The molecule has 0 radical (unpaired) electrons. The number of aromatic nitrogens is 3. The van der Waals surface area contributed by atoms with Crippen LogP contribution in [0.5, 0.6) is 11.6 Å². The monoisotopic (exact) mass is 248 g/mol. The fourth-order valence-electron chi connectivity index (χ4n) is 1.71. The normalized spacial score (nSPS) is 10.1. The summed E-state index contributed by atoms with van der Waals surface area (Å²) in [7, 11) is 0. The standard InChI is InChI=1S/C14H8N4O/c15-9-13-14(18-7-6-17-13)19-11-3-4-12-10(8-11)2-1-5-16-12/h1-8H. The molecule has 0 aliphatic rings. The minimum Gasteiger partial charge on any atom is -0.436 e. The molecule has 3 aromatic rings. The molecule has 0 atom stereocenters. The van der Waals surface area contributed by atoms with Gasteiger partial charge in [0.15, 0.2) is 0 Å². The highest BCUT2D eigenvalue weighted by atomic mass is 16.5. The number of rotatable bonds is 2. The number of pyridine rings is 1. The second-order valence-electron chi connectivity index (χ2n) is 3.78. The number of nitriles is 1. The maximum atomic E-state index is 8.93. The van der Waals surface area contributed by atoms with Crippen molar-refractivity contribution in [2.75, 3.05) is 0 Å². The van der Waals surface area contributed by atoms with Crippen LogP contribution in [0.25, 0.3) is 10.9 Å². The maximum Gasteiger partial charge on any atom is 0.256 e. The van der Waals surface area contributed by atoms with Gasteiger partial charge in [0, 0.05) is 24.0 Å². The molecular weight excluding hydrogens is 240 g/mol. The first-order valence-electron chi connectivity index (χ1n) is 5.60. The van der Waals surface area contributed by atoms with Crippen LogP contribution in [0.3, 0.4) is 0 Å². The summed E-state index contributed by atoms with van der Waals surface area (Å²) in [6.07, 6.45) is 4.67. The topological polar surface area (TPSA) is 71.7 Å². The predicted octanol–water partition coefficient (Wildman–Crippen LogP) is 2.69. The fraction of sp³-hybridized carbons (Fsp3) is 0. The Balaban J connectivity index is 1.99. The van der Waals surface area contributed by atoms with Gasteiger partial charge in [0.2, 0.25) is 5.69 Å². The summed E-state index contributed by atoms with van der Waals surface area (Å²) in [4.78, 5) is 12.1. The van der Waals surface area contributed by atoms with Crippen LogP contribution in [-0.2, 0) is 0 Å². The van der Waals surface area contributed by atoms with Crippen LogP contribution >= 0.6 is 0 Å². The maximum absolute atomic E-state index is 8.93. The Morgan fingerprint density at radius 3 is 2.79 bits per heavy atom. The molecule has 5 nitrogen and oxygen atoms in total. The van der Waals surface area contributed by atoms with Gasteiger partial charge in [0.25, 0.3) is 5.88 Å². The lowest BCUT2D eigenvalue weighted by Crippen LogP contribution is -1.94. The van der Waals surface area contributed by atoms with Gasteiger partial charge < -0.3 is 4.74 Å². The van der Waals surface area contributed by atoms with Crippen molar-refractivity contribution in [2.24, 2.45) is 0 Å². The molecule has 2 aromatic heterocycles. The third kappa shape index (κ3) is 2.19. The lowest BCUT2D eigenvalue weighted by atomic mass is 10.2. The van der Waals surface area contributed by atoms with Crippen LogP contribution in [0.15, 0.2) is 48.9 Å². The van der Waals surface area contributed by atoms with E-state index in [0.29, 0.717) is 5.75 Å². The molecule has 5 heteroatoms. The second-order valence-corrected chi connectivity index (χ2v) is 3.78. The van der Waals surface area contributed by atoms with E-state index in [2.05, 4.69) is 15.0 Å². The first-order valence-corrected chi connectivity index (χ1v) is 5.60. The average molecular weight is 248 g/mol. The van der Waals surface area contributed by atoms with E-state index < -0.39 is 0 Å². The predicted molar refractivity (Wildman–Crippen MR) is 68.6 cm³/mol. The van der Waals surface area contributed by atoms with E-state index in [1.54, 1.807) is 12.3 Å². The number of hydrogen-bond donors (Lipinski definition) is 0. The van der Waals surface area contributed by atoms with Crippen molar-refractivity contribution < 1.29 is 4.74 Å². The molecule has 0 aliphatic heterocycles. The van der Waals surface area contributed by atoms with E-state index in [-0.39, 0.29) is 11.6 Å². The van der Waals surface area contributed by atoms with Gasteiger partial charge in [-0.1, -0.05) is 6.07 Å². The quantitative estimate of drug-likeness (QED) is 0.697. The molecule has 0 fully saturated rings. The summed E-state index contributed by atoms with van der Waals surface area (Å²) >= 11 is 0. The Hall–Kier alpha value is -3.00. The van der Waals surface area contributed by atoms with Crippen molar-refractivity contribution in [3.05, 3.63) is 54.6 Å². The molecule has 2 heterocycles. The van der Waals surface area contributed by atoms with Gasteiger partial charge in [-0.15, -0.1) is 0 Å². The number of fused-ring (bicyclic) bond motifs is 1. The van der Waals surface area contributed by atoms with Gasteiger partial charge in [-0.25, -0.2) is 9.97 Å². The fourth-order valence-corrected chi connectivity index (χ4v) is 1.71. The molecule has 3 rings (SSSR count). The van der Waals surface area contributed by atoms with Gasteiger partial charge in [-0.3, -0.25) is 4.98 Å². The van der Waals surface area contributed by atoms with Crippen LogP contribution in [0.4, 0.5) is 0 Å². The van der Waals surface area contributed by atoms with Crippen molar-refractivity contribution in [1.82, 2.24) is 15.0 Å². The van der Waals surface area contributed by atoms with E-state index in [4.69, 9.17) is 10.00 Å². The molecule has 0 unspecified atom stereocenters. The zero-order valence-corrected chi connectivity index (χ0v) is 9.82. The molecule has 0 aliphatic carbocycles. The third-order valence-corrected chi connectivity index (χ3v) is 2.56. The summed E-state index contributed by atoms with van der Waals surface area (Å²) in [5, 5.41) is 9.89. The van der Waals surface area contributed by atoms with Crippen LogP contribution in [0, 0.1) is 11.3 Å². The zero-order chi connectivity index (χ0) is 13.1. The lowest BCUT2D eigenvalue weighted by molar-refractivity contribution is 0.459. The lowest BCUT2D eigenvalue weighted by Gasteiger charge is -2.06. The van der Waals surface area contributed by atoms with E-state index in [9.17, 15) is 0 Å². The Morgan fingerprint density at radius 2 is 1.89 bits per heavy atom. The molecule has 19 heavy (non-hydrogen) atoms. The van der Waals surface area contributed by atoms with Gasteiger partial charge >= 0.3 is 0 Å². The van der Waals surface area contributed by atoms with E-state index in [1.165, 1.54) is 12.4 Å². The molecular formula is C14H8N4O. The second kappa shape index (κ2) is 4.70. The Bertz CT molecular complexity index is 779. The first-order chi connectivity index (χ1) is 9.36. The first kappa shape index (κ1) is 11.1. The summed E-state index contributed by atoms with van der Waals surface area (Å²) in [6, 6.07) is 11.2. The van der Waals surface area contributed by atoms with Gasteiger partial charge in [0.1, 0.15) is 11.8 Å². The Labute approximate surface area is 109 Å². The van der Waals surface area contributed by atoms with Crippen LogP contribution < -0.4 is 4.74 Å². The van der Waals surface area contributed by atoms with Crippen LogP contribution in [0.2, 0.25) is 0 Å². The molecule has 0 amide bonds. The minimum atomic E-state index is 0.161. The number of hydrogen-bond acceptors (Lipinski definition) is 5. The van der Waals surface area contributed by atoms with Crippen molar-refractivity contribution in [2.45, 2.75) is 0 Å². The van der Waals surface area contributed by atoms with Gasteiger partial charge in [-0.2, -0.15) is 5.26 Å². The molecule has 90 valence electrons. The van der Waals surface area contributed by atoms with Crippen molar-refractivity contribution in [1.29, 1.82) is 5.26 Å². The molecule has 0 saturated heterocycles. The minimum absolute atomic E-state index is 0.161. The SMILES string of the molecule is N#Cc1nccnc1Oc1ccc2ncccc2c1. The van der Waals surface area contributed by atoms with Crippen LogP contribution in [-0.4, -0.2) is 15.0 Å². The van der Waals surface area contributed by atoms with E-state index >= 15 is 0 Å². The number of ether oxygens (including phenoxy) is 1. The van der Waals surface area contributed by atoms with Crippen molar-refractivity contribution >= 4 is 10.9 Å². The largest absolute Gasteiger partial charge is 0.436 e. The third-order valence-electron chi connectivity index (χ3n) is 2.56. The highest BCUT2D eigenvalue weighted by Gasteiger charge is 2.07.